The Kier molecular flexibility index (Phi) is 4.87. The molecule has 130 valence electrons. The number of halogens is 2. The molecule has 1 atom stereocenters. The van der Waals surface area contributed by atoms with Crippen molar-refractivity contribution in [1.82, 2.24) is 15.5 Å². The minimum Gasteiger partial charge on any atom is -0.461 e. The lowest BCUT2D eigenvalue weighted by Gasteiger charge is -2.14. The van der Waals surface area contributed by atoms with Crippen LogP contribution in [0.5, 0.6) is 0 Å². The summed E-state index contributed by atoms with van der Waals surface area (Å²) < 4.78 is 36.4. The van der Waals surface area contributed by atoms with Crippen molar-refractivity contribution in [2.45, 2.75) is 25.8 Å². The lowest BCUT2D eigenvalue weighted by atomic mass is 10.1. The second-order valence-corrected chi connectivity index (χ2v) is 5.45. The van der Waals surface area contributed by atoms with Crippen molar-refractivity contribution in [2.24, 2.45) is 0 Å². The van der Waals surface area contributed by atoms with Gasteiger partial charge in [-0.1, -0.05) is 11.2 Å². The summed E-state index contributed by atoms with van der Waals surface area (Å²) >= 11 is 0. The minimum atomic E-state index is -0.949. The fourth-order valence-electron chi connectivity index (χ4n) is 2.26. The Morgan fingerprint density at radius 2 is 2.12 bits per heavy atom. The molecule has 1 N–H and O–H groups in total. The first-order chi connectivity index (χ1) is 12.0. The number of nitrogens with zero attached hydrogens (tertiary/aromatic N) is 2. The van der Waals surface area contributed by atoms with Gasteiger partial charge in [0.1, 0.15) is 0 Å². The number of aromatic nitrogens is 2. The third-order valence-electron chi connectivity index (χ3n) is 3.60. The Morgan fingerprint density at radius 3 is 2.84 bits per heavy atom. The lowest BCUT2D eigenvalue weighted by Crippen LogP contribution is -2.27. The second-order valence-electron chi connectivity index (χ2n) is 5.45. The Hall–Kier alpha value is -3.03. The van der Waals surface area contributed by atoms with Gasteiger partial charge >= 0.3 is 0 Å². The topological polar surface area (TPSA) is 81.2 Å². The normalized spacial score (nSPS) is 12.1. The van der Waals surface area contributed by atoms with Crippen LogP contribution in [0.2, 0.25) is 0 Å². The van der Waals surface area contributed by atoms with Crippen LogP contribution in [0.3, 0.4) is 0 Å². The van der Waals surface area contributed by atoms with Crippen molar-refractivity contribution in [1.29, 1.82) is 0 Å². The molecule has 0 saturated carbocycles. The van der Waals surface area contributed by atoms with Crippen LogP contribution in [0.1, 0.15) is 30.8 Å². The van der Waals surface area contributed by atoms with Gasteiger partial charge in [0.15, 0.2) is 17.4 Å². The number of carbonyl (C=O) groups is 1. The summed E-state index contributed by atoms with van der Waals surface area (Å²) in [5, 5.41) is 6.49. The molecule has 3 aromatic rings. The number of amides is 1. The highest BCUT2D eigenvalue weighted by molar-refractivity contribution is 5.76. The predicted octanol–water partition coefficient (Wildman–Crippen LogP) is 3.42. The SMILES string of the molecule is CC(NC(=O)CCc1nc(-c2ccco2)no1)c1ccc(F)c(F)c1. The summed E-state index contributed by atoms with van der Waals surface area (Å²) in [5.41, 5.74) is 0.477. The van der Waals surface area contributed by atoms with Crippen molar-refractivity contribution in [2.75, 3.05) is 0 Å². The fourth-order valence-corrected chi connectivity index (χ4v) is 2.26. The van der Waals surface area contributed by atoms with E-state index in [0.29, 0.717) is 23.0 Å². The maximum Gasteiger partial charge on any atom is 0.238 e. The molecule has 2 heterocycles. The number of carbonyl (C=O) groups excluding carboxylic acids is 1. The van der Waals surface area contributed by atoms with Crippen LogP contribution in [0.4, 0.5) is 8.78 Å². The first kappa shape index (κ1) is 16.8. The number of nitrogens with one attached hydrogen (secondary N) is 1. The second kappa shape index (κ2) is 7.25. The van der Waals surface area contributed by atoms with Gasteiger partial charge in [0.05, 0.1) is 12.3 Å². The molecule has 25 heavy (non-hydrogen) atoms. The molecule has 0 aliphatic heterocycles. The molecule has 1 unspecified atom stereocenters. The van der Waals surface area contributed by atoms with E-state index in [4.69, 9.17) is 8.94 Å². The fraction of sp³-hybridized carbons (Fsp3) is 0.235. The predicted molar refractivity (Wildman–Crippen MR) is 83.2 cm³/mol. The third-order valence-corrected chi connectivity index (χ3v) is 3.60. The zero-order valence-electron chi connectivity index (χ0n) is 13.3. The van der Waals surface area contributed by atoms with E-state index in [1.807, 2.05) is 0 Å². The van der Waals surface area contributed by atoms with Gasteiger partial charge in [-0.3, -0.25) is 4.79 Å². The Labute approximate surface area is 141 Å². The molecule has 0 spiro atoms. The van der Waals surface area contributed by atoms with Gasteiger partial charge in [-0.05, 0) is 36.8 Å². The molecule has 0 saturated heterocycles. The van der Waals surface area contributed by atoms with Crippen molar-refractivity contribution >= 4 is 5.91 Å². The number of aryl methyl sites for hydroxylation is 1. The van der Waals surface area contributed by atoms with Crippen LogP contribution >= 0.6 is 0 Å². The number of hydrogen-bond donors (Lipinski definition) is 1. The lowest BCUT2D eigenvalue weighted by molar-refractivity contribution is -0.121. The summed E-state index contributed by atoms with van der Waals surface area (Å²) in [5.74, 6) is -1.04. The van der Waals surface area contributed by atoms with Crippen LogP contribution in [-0.2, 0) is 11.2 Å². The van der Waals surface area contributed by atoms with Crippen molar-refractivity contribution in [3.8, 4) is 11.6 Å². The van der Waals surface area contributed by atoms with E-state index in [9.17, 15) is 13.6 Å². The molecular formula is C17H15F2N3O3. The average Bonchev–Trinajstić information content (AvgIpc) is 3.26. The zero-order chi connectivity index (χ0) is 17.8. The first-order valence-electron chi connectivity index (χ1n) is 7.63. The molecule has 0 fully saturated rings. The minimum absolute atomic E-state index is 0.119. The van der Waals surface area contributed by atoms with Crippen molar-refractivity contribution in [3.63, 3.8) is 0 Å². The van der Waals surface area contributed by atoms with Crippen LogP contribution in [-0.4, -0.2) is 16.0 Å². The van der Waals surface area contributed by atoms with Gasteiger partial charge in [0.25, 0.3) is 0 Å². The first-order valence-corrected chi connectivity index (χ1v) is 7.63. The van der Waals surface area contributed by atoms with Gasteiger partial charge < -0.3 is 14.3 Å². The smallest absolute Gasteiger partial charge is 0.238 e. The molecule has 0 aliphatic rings. The summed E-state index contributed by atoms with van der Waals surface area (Å²) in [7, 11) is 0. The van der Waals surface area contributed by atoms with E-state index in [-0.39, 0.29) is 18.7 Å². The van der Waals surface area contributed by atoms with E-state index in [2.05, 4.69) is 15.5 Å². The monoisotopic (exact) mass is 347 g/mol. The molecule has 3 rings (SSSR count). The van der Waals surface area contributed by atoms with Gasteiger partial charge in [0.2, 0.25) is 17.6 Å². The Balaban J connectivity index is 1.53. The average molecular weight is 347 g/mol. The molecule has 0 radical (unpaired) electrons. The highest BCUT2D eigenvalue weighted by Gasteiger charge is 2.15. The largest absolute Gasteiger partial charge is 0.461 e. The molecule has 0 aliphatic carbocycles. The molecule has 1 aromatic carbocycles. The summed E-state index contributed by atoms with van der Waals surface area (Å²) in [6.07, 6.45) is 1.87. The van der Waals surface area contributed by atoms with Crippen molar-refractivity contribution < 1.29 is 22.5 Å². The van der Waals surface area contributed by atoms with Crippen LogP contribution in [0, 0.1) is 11.6 Å². The standard InChI is InChI=1S/C17H15F2N3O3/c1-10(11-4-5-12(18)13(19)9-11)20-15(23)6-7-16-21-17(22-25-16)14-3-2-8-24-14/h2-5,8-10H,6-7H2,1H3,(H,20,23). The summed E-state index contributed by atoms with van der Waals surface area (Å²) in [6.45, 7) is 1.69. The maximum atomic E-state index is 13.2. The van der Waals surface area contributed by atoms with Gasteiger partial charge in [-0.15, -0.1) is 0 Å². The van der Waals surface area contributed by atoms with Crippen LogP contribution in [0.15, 0.2) is 45.5 Å². The Morgan fingerprint density at radius 1 is 1.28 bits per heavy atom. The van der Waals surface area contributed by atoms with E-state index >= 15 is 0 Å². The van der Waals surface area contributed by atoms with Gasteiger partial charge in [-0.2, -0.15) is 4.98 Å². The number of benzene rings is 1. The zero-order valence-corrected chi connectivity index (χ0v) is 13.3. The molecule has 8 heteroatoms. The summed E-state index contributed by atoms with van der Waals surface area (Å²) in [6, 6.07) is 6.47. The highest BCUT2D eigenvalue weighted by Crippen LogP contribution is 2.17. The number of furan rings is 1. The van der Waals surface area contributed by atoms with E-state index in [1.54, 1.807) is 19.1 Å². The van der Waals surface area contributed by atoms with Crippen LogP contribution in [0.25, 0.3) is 11.6 Å². The van der Waals surface area contributed by atoms with Gasteiger partial charge in [-0.25, -0.2) is 8.78 Å². The molecule has 6 nitrogen and oxygen atoms in total. The van der Waals surface area contributed by atoms with E-state index in [1.165, 1.54) is 12.3 Å². The Bertz CT molecular complexity index is 862. The quantitative estimate of drug-likeness (QED) is 0.739. The van der Waals surface area contributed by atoms with E-state index in [0.717, 1.165) is 12.1 Å². The molecule has 1 amide bonds. The third kappa shape index (κ3) is 4.09. The number of hydrogen-bond acceptors (Lipinski definition) is 5. The van der Waals surface area contributed by atoms with Gasteiger partial charge in [0, 0.05) is 12.8 Å². The molecule has 0 bridgehead atoms. The van der Waals surface area contributed by atoms with E-state index < -0.39 is 17.7 Å². The molecule has 2 aromatic heterocycles. The maximum absolute atomic E-state index is 13.2. The molecular weight excluding hydrogens is 332 g/mol. The highest BCUT2D eigenvalue weighted by atomic mass is 19.2. The van der Waals surface area contributed by atoms with Crippen LogP contribution < -0.4 is 5.32 Å². The van der Waals surface area contributed by atoms with Crippen molar-refractivity contribution in [3.05, 3.63) is 59.7 Å². The number of rotatable bonds is 6. The summed E-state index contributed by atoms with van der Waals surface area (Å²) in [4.78, 5) is 16.1.